The maximum Gasteiger partial charge on any atom is 0.383 e. The molecule has 0 saturated heterocycles. The molecule has 2 heterocycles. The first-order valence-electron chi connectivity index (χ1n) is 5.73. The standard InChI is InChI=1S/C10H12F4N4O/c1-5(15-9(19)10(13,14)8(11)12)7-17-16-6-3-2-4-18(6)7/h5,8H,2-4H2,1H3,(H,15,19). The minimum Gasteiger partial charge on any atom is -0.341 e. The monoisotopic (exact) mass is 280 g/mol. The second-order valence-electron chi connectivity index (χ2n) is 4.35. The number of hydrogen-bond acceptors (Lipinski definition) is 3. The molecule has 1 N–H and O–H groups in total. The molecule has 106 valence electrons. The zero-order chi connectivity index (χ0) is 14.2. The molecule has 0 aliphatic carbocycles. The molecule has 1 unspecified atom stereocenters. The summed E-state index contributed by atoms with van der Waals surface area (Å²) < 4.78 is 51.4. The van der Waals surface area contributed by atoms with Crippen LogP contribution in [0.5, 0.6) is 0 Å². The van der Waals surface area contributed by atoms with Crippen molar-refractivity contribution < 1.29 is 22.4 Å². The van der Waals surface area contributed by atoms with Crippen LogP contribution in [0.15, 0.2) is 0 Å². The molecule has 0 radical (unpaired) electrons. The van der Waals surface area contributed by atoms with Gasteiger partial charge in [0.15, 0.2) is 5.82 Å². The van der Waals surface area contributed by atoms with Crippen LogP contribution >= 0.6 is 0 Å². The minimum absolute atomic E-state index is 0.297. The Morgan fingerprint density at radius 2 is 2.11 bits per heavy atom. The number of carbonyl (C=O) groups excluding carboxylic acids is 1. The molecule has 1 aromatic rings. The molecule has 1 aliphatic rings. The van der Waals surface area contributed by atoms with Crippen molar-refractivity contribution in [2.75, 3.05) is 0 Å². The normalized spacial score (nSPS) is 16.5. The Labute approximate surface area is 106 Å². The van der Waals surface area contributed by atoms with E-state index in [1.54, 1.807) is 4.57 Å². The summed E-state index contributed by atoms with van der Waals surface area (Å²) in [5.74, 6) is -5.71. The Morgan fingerprint density at radius 3 is 2.74 bits per heavy atom. The Balaban J connectivity index is 2.09. The van der Waals surface area contributed by atoms with Gasteiger partial charge in [-0.3, -0.25) is 4.79 Å². The summed E-state index contributed by atoms with van der Waals surface area (Å²) in [7, 11) is 0. The lowest BCUT2D eigenvalue weighted by molar-refractivity contribution is -0.170. The molecule has 9 heteroatoms. The highest BCUT2D eigenvalue weighted by Crippen LogP contribution is 2.25. The summed E-state index contributed by atoms with van der Waals surface area (Å²) in [6.07, 6.45) is -2.46. The number of carbonyl (C=O) groups is 1. The average molecular weight is 280 g/mol. The molecule has 0 fully saturated rings. The molecule has 1 atom stereocenters. The second-order valence-corrected chi connectivity index (χ2v) is 4.35. The number of alkyl halides is 4. The third kappa shape index (κ3) is 2.41. The van der Waals surface area contributed by atoms with Crippen molar-refractivity contribution >= 4 is 5.91 Å². The smallest absolute Gasteiger partial charge is 0.341 e. The predicted octanol–water partition coefficient (Wildman–Crippen LogP) is 1.30. The minimum atomic E-state index is -4.71. The highest BCUT2D eigenvalue weighted by Gasteiger charge is 2.49. The molecular formula is C10H12F4N4O. The van der Waals surface area contributed by atoms with Crippen LogP contribution in [0.2, 0.25) is 0 Å². The van der Waals surface area contributed by atoms with Crippen LogP contribution in [-0.4, -0.2) is 33.0 Å². The van der Waals surface area contributed by atoms with Crippen LogP contribution in [0.3, 0.4) is 0 Å². The Morgan fingerprint density at radius 1 is 1.42 bits per heavy atom. The molecule has 1 amide bonds. The van der Waals surface area contributed by atoms with Crippen LogP contribution in [0.4, 0.5) is 17.6 Å². The van der Waals surface area contributed by atoms with Gasteiger partial charge in [-0.2, -0.15) is 8.78 Å². The van der Waals surface area contributed by atoms with E-state index in [1.807, 2.05) is 5.32 Å². The molecular weight excluding hydrogens is 268 g/mol. The topological polar surface area (TPSA) is 59.8 Å². The number of fused-ring (bicyclic) bond motifs is 1. The lowest BCUT2D eigenvalue weighted by Gasteiger charge is -2.18. The summed E-state index contributed by atoms with van der Waals surface area (Å²) in [5.41, 5.74) is 0. The van der Waals surface area contributed by atoms with Gasteiger partial charge >= 0.3 is 12.3 Å². The highest BCUT2D eigenvalue weighted by atomic mass is 19.3. The lowest BCUT2D eigenvalue weighted by atomic mass is 10.2. The van der Waals surface area contributed by atoms with E-state index in [0.717, 1.165) is 12.8 Å². The molecule has 0 bridgehead atoms. The van der Waals surface area contributed by atoms with Gasteiger partial charge in [0, 0.05) is 13.0 Å². The Kier molecular flexibility index (Phi) is 3.46. The maximum absolute atomic E-state index is 12.8. The summed E-state index contributed by atoms with van der Waals surface area (Å²) in [6, 6.07) is -0.906. The van der Waals surface area contributed by atoms with Crippen molar-refractivity contribution in [1.82, 2.24) is 20.1 Å². The zero-order valence-corrected chi connectivity index (χ0v) is 10.0. The van der Waals surface area contributed by atoms with Crippen molar-refractivity contribution in [3.8, 4) is 0 Å². The SMILES string of the molecule is CC(NC(=O)C(F)(F)C(F)F)c1nnc2n1CCC2. The fourth-order valence-corrected chi connectivity index (χ4v) is 1.95. The lowest BCUT2D eigenvalue weighted by Crippen LogP contribution is -2.46. The first-order valence-corrected chi connectivity index (χ1v) is 5.73. The number of aromatic nitrogens is 3. The van der Waals surface area contributed by atoms with E-state index in [9.17, 15) is 22.4 Å². The van der Waals surface area contributed by atoms with Gasteiger partial charge in [-0.1, -0.05) is 0 Å². The van der Waals surface area contributed by atoms with Crippen molar-refractivity contribution in [3.63, 3.8) is 0 Å². The van der Waals surface area contributed by atoms with Crippen LogP contribution in [0.1, 0.15) is 31.0 Å². The molecule has 1 aliphatic heterocycles. The van der Waals surface area contributed by atoms with E-state index in [4.69, 9.17) is 0 Å². The van der Waals surface area contributed by atoms with Gasteiger partial charge in [0.2, 0.25) is 0 Å². The van der Waals surface area contributed by atoms with Gasteiger partial charge in [-0.15, -0.1) is 10.2 Å². The summed E-state index contributed by atoms with van der Waals surface area (Å²) >= 11 is 0. The van der Waals surface area contributed by atoms with Gasteiger partial charge in [0.05, 0.1) is 6.04 Å². The highest BCUT2D eigenvalue weighted by molar-refractivity contribution is 5.84. The van der Waals surface area contributed by atoms with E-state index >= 15 is 0 Å². The van der Waals surface area contributed by atoms with Gasteiger partial charge in [-0.05, 0) is 13.3 Å². The molecule has 0 saturated carbocycles. The van der Waals surface area contributed by atoms with Crippen LogP contribution in [-0.2, 0) is 17.8 Å². The maximum atomic E-state index is 12.8. The fourth-order valence-electron chi connectivity index (χ4n) is 1.95. The van der Waals surface area contributed by atoms with Crippen molar-refractivity contribution in [2.24, 2.45) is 0 Å². The molecule has 0 spiro atoms. The number of hydrogen-bond donors (Lipinski definition) is 1. The largest absolute Gasteiger partial charge is 0.383 e. The summed E-state index contributed by atoms with van der Waals surface area (Å²) in [5, 5.41) is 9.47. The van der Waals surface area contributed by atoms with E-state index in [1.165, 1.54) is 6.92 Å². The van der Waals surface area contributed by atoms with Gasteiger partial charge in [-0.25, -0.2) is 8.78 Å². The number of rotatable bonds is 4. The first kappa shape index (κ1) is 13.8. The second kappa shape index (κ2) is 4.78. The van der Waals surface area contributed by atoms with E-state index in [-0.39, 0.29) is 0 Å². The van der Waals surface area contributed by atoms with Crippen molar-refractivity contribution in [1.29, 1.82) is 0 Å². The molecule has 1 aromatic heterocycles. The number of halogens is 4. The van der Waals surface area contributed by atoms with E-state index in [0.29, 0.717) is 18.2 Å². The molecule has 2 rings (SSSR count). The van der Waals surface area contributed by atoms with E-state index < -0.39 is 24.3 Å². The molecule has 19 heavy (non-hydrogen) atoms. The first-order chi connectivity index (χ1) is 8.84. The number of aryl methyl sites for hydroxylation is 1. The van der Waals surface area contributed by atoms with Crippen LogP contribution in [0.25, 0.3) is 0 Å². The van der Waals surface area contributed by atoms with Gasteiger partial charge in [0.1, 0.15) is 5.82 Å². The van der Waals surface area contributed by atoms with Gasteiger partial charge < -0.3 is 9.88 Å². The molecule has 0 aromatic carbocycles. The van der Waals surface area contributed by atoms with Gasteiger partial charge in [0.25, 0.3) is 5.91 Å². The number of nitrogens with zero attached hydrogens (tertiary/aromatic N) is 3. The fraction of sp³-hybridized carbons (Fsp3) is 0.700. The zero-order valence-electron chi connectivity index (χ0n) is 10.0. The van der Waals surface area contributed by atoms with Crippen LogP contribution < -0.4 is 5.32 Å². The number of nitrogens with one attached hydrogen (secondary N) is 1. The van der Waals surface area contributed by atoms with Crippen molar-refractivity contribution in [2.45, 2.75) is 44.7 Å². The average Bonchev–Trinajstić information content (AvgIpc) is 2.89. The number of amides is 1. The van der Waals surface area contributed by atoms with Crippen molar-refractivity contribution in [3.05, 3.63) is 11.6 Å². The Hall–Kier alpha value is -1.67. The quantitative estimate of drug-likeness (QED) is 0.846. The third-order valence-electron chi connectivity index (χ3n) is 2.95. The summed E-state index contributed by atoms with van der Waals surface area (Å²) in [6.45, 7) is 2.03. The summed E-state index contributed by atoms with van der Waals surface area (Å²) in [4.78, 5) is 11.1. The Bertz CT molecular complexity index is 488. The molecule has 5 nitrogen and oxygen atoms in total. The van der Waals surface area contributed by atoms with Crippen LogP contribution in [0, 0.1) is 0 Å². The van der Waals surface area contributed by atoms with E-state index in [2.05, 4.69) is 10.2 Å². The predicted molar refractivity (Wildman–Crippen MR) is 55.9 cm³/mol. The third-order valence-corrected chi connectivity index (χ3v) is 2.95.